The first-order chi connectivity index (χ1) is 7.68. The minimum absolute atomic E-state index is 0.0905. The minimum Gasteiger partial charge on any atom is -0.482 e. The standard InChI is InChI=1S/C12H14O4/c1-3-15-12(9(2)13)8-14-10-6-4-5-7-11(10)16-12/h4-7H,3,8H2,1-2H3. The van der Waals surface area contributed by atoms with E-state index in [1.807, 2.05) is 19.1 Å². The van der Waals surface area contributed by atoms with Crippen molar-refractivity contribution < 1.29 is 19.0 Å². The van der Waals surface area contributed by atoms with Crippen LogP contribution in [0.1, 0.15) is 13.8 Å². The molecule has 0 bridgehead atoms. The van der Waals surface area contributed by atoms with Crippen molar-refractivity contribution in [2.24, 2.45) is 0 Å². The van der Waals surface area contributed by atoms with Crippen LogP contribution in [0.25, 0.3) is 0 Å². The van der Waals surface area contributed by atoms with Crippen molar-refractivity contribution in [2.45, 2.75) is 19.6 Å². The molecule has 4 heteroatoms. The van der Waals surface area contributed by atoms with E-state index < -0.39 is 5.79 Å². The van der Waals surface area contributed by atoms with Crippen molar-refractivity contribution in [3.8, 4) is 11.5 Å². The van der Waals surface area contributed by atoms with Crippen molar-refractivity contribution in [3.05, 3.63) is 24.3 Å². The van der Waals surface area contributed by atoms with Gasteiger partial charge in [0.1, 0.15) is 0 Å². The smallest absolute Gasteiger partial charge is 0.305 e. The third-order valence-electron chi connectivity index (χ3n) is 2.46. The zero-order valence-corrected chi connectivity index (χ0v) is 9.36. The summed E-state index contributed by atoms with van der Waals surface area (Å²) in [7, 11) is 0. The molecule has 0 N–H and O–H groups in total. The van der Waals surface area contributed by atoms with Crippen molar-refractivity contribution in [1.29, 1.82) is 0 Å². The van der Waals surface area contributed by atoms with Crippen LogP contribution in [0.4, 0.5) is 0 Å². The molecule has 1 heterocycles. The van der Waals surface area contributed by atoms with E-state index in [1.165, 1.54) is 6.92 Å². The van der Waals surface area contributed by atoms with Gasteiger partial charge in [-0.15, -0.1) is 0 Å². The molecule has 2 rings (SSSR count). The summed E-state index contributed by atoms with van der Waals surface area (Å²) in [4.78, 5) is 11.6. The Labute approximate surface area is 94.1 Å². The predicted octanol–water partition coefficient (Wildman–Crippen LogP) is 1.78. The van der Waals surface area contributed by atoms with Gasteiger partial charge in [-0.1, -0.05) is 12.1 Å². The first-order valence-corrected chi connectivity index (χ1v) is 5.24. The summed E-state index contributed by atoms with van der Waals surface area (Å²) in [6, 6.07) is 7.23. The number of Topliss-reactive ketones (excluding diaryl/α,β-unsaturated/α-hetero) is 1. The lowest BCUT2D eigenvalue weighted by Gasteiger charge is -2.35. The molecule has 0 fully saturated rings. The zero-order valence-electron chi connectivity index (χ0n) is 9.36. The highest BCUT2D eigenvalue weighted by Gasteiger charge is 2.43. The fourth-order valence-corrected chi connectivity index (χ4v) is 1.61. The number of benzene rings is 1. The van der Waals surface area contributed by atoms with Gasteiger partial charge >= 0.3 is 5.79 Å². The van der Waals surface area contributed by atoms with E-state index in [2.05, 4.69) is 0 Å². The maximum Gasteiger partial charge on any atom is 0.305 e. The molecule has 16 heavy (non-hydrogen) atoms. The lowest BCUT2D eigenvalue weighted by Crippen LogP contribution is -2.53. The molecule has 1 atom stereocenters. The van der Waals surface area contributed by atoms with E-state index in [4.69, 9.17) is 14.2 Å². The van der Waals surface area contributed by atoms with Crippen LogP contribution in [0.2, 0.25) is 0 Å². The number of rotatable bonds is 3. The van der Waals surface area contributed by atoms with Gasteiger partial charge in [0, 0.05) is 13.5 Å². The summed E-state index contributed by atoms with van der Waals surface area (Å²) in [5.74, 6) is -0.302. The van der Waals surface area contributed by atoms with Crippen LogP contribution in [-0.2, 0) is 9.53 Å². The Kier molecular flexibility index (Phi) is 2.83. The van der Waals surface area contributed by atoms with Gasteiger partial charge in [0.05, 0.1) is 0 Å². The van der Waals surface area contributed by atoms with Crippen LogP contribution in [0, 0.1) is 0 Å². The Morgan fingerprint density at radius 1 is 1.44 bits per heavy atom. The molecular formula is C12H14O4. The van der Waals surface area contributed by atoms with Crippen molar-refractivity contribution >= 4 is 5.78 Å². The third-order valence-corrected chi connectivity index (χ3v) is 2.46. The predicted molar refractivity (Wildman–Crippen MR) is 57.6 cm³/mol. The number of ketones is 1. The fourth-order valence-electron chi connectivity index (χ4n) is 1.61. The highest BCUT2D eigenvalue weighted by Crippen LogP contribution is 2.35. The van der Waals surface area contributed by atoms with E-state index in [0.29, 0.717) is 18.1 Å². The average molecular weight is 222 g/mol. The van der Waals surface area contributed by atoms with E-state index >= 15 is 0 Å². The second-order valence-corrected chi connectivity index (χ2v) is 3.58. The van der Waals surface area contributed by atoms with Crippen LogP contribution < -0.4 is 9.47 Å². The van der Waals surface area contributed by atoms with Gasteiger partial charge < -0.3 is 14.2 Å². The molecule has 86 valence electrons. The van der Waals surface area contributed by atoms with E-state index in [1.54, 1.807) is 12.1 Å². The topological polar surface area (TPSA) is 44.8 Å². The molecule has 1 aliphatic rings. The molecule has 0 aromatic heterocycles. The second-order valence-electron chi connectivity index (χ2n) is 3.58. The molecule has 1 aliphatic heterocycles. The summed E-state index contributed by atoms with van der Waals surface area (Å²) in [6.45, 7) is 3.74. The monoisotopic (exact) mass is 222 g/mol. The molecular weight excluding hydrogens is 208 g/mol. The number of hydrogen-bond donors (Lipinski definition) is 0. The molecule has 0 saturated heterocycles. The number of hydrogen-bond acceptors (Lipinski definition) is 4. The Bertz CT molecular complexity index is 402. The molecule has 0 aliphatic carbocycles. The molecule has 0 saturated carbocycles. The second kappa shape index (κ2) is 4.14. The summed E-state index contributed by atoms with van der Waals surface area (Å²) in [5.41, 5.74) is 0. The number of fused-ring (bicyclic) bond motifs is 1. The zero-order chi connectivity index (χ0) is 11.6. The third kappa shape index (κ3) is 1.76. The average Bonchev–Trinajstić information content (AvgIpc) is 2.29. The highest BCUT2D eigenvalue weighted by molar-refractivity contribution is 5.84. The molecule has 0 amide bonds. The maximum atomic E-state index is 11.6. The lowest BCUT2D eigenvalue weighted by atomic mass is 10.1. The minimum atomic E-state index is -1.29. The highest BCUT2D eigenvalue weighted by atomic mass is 16.7. The first-order valence-electron chi connectivity index (χ1n) is 5.24. The van der Waals surface area contributed by atoms with Crippen LogP contribution >= 0.6 is 0 Å². The number of carbonyl (C=O) groups excluding carboxylic acids is 1. The van der Waals surface area contributed by atoms with Gasteiger partial charge in [0.15, 0.2) is 18.1 Å². The Morgan fingerprint density at radius 2 is 2.12 bits per heavy atom. The van der Waals surface area contributed by atoms with Crippen LogP contribution in [0.3, 0.4) is 0 Å². The molecule has 0 radical (unpaired) electrons. The van der Waals surface area contributed by atoms with Gasteiger partial charge in [0.25, 0.3) is 0 Å². The van der Waals surface area contributed by atoms with Crippen LogP contribution in [0.15, 0.2) is 24.3 Å². The Morgan fingerprint density at radius 3 is 2.75 bits per heavy atom. The summed E-state index contributed by atoms with van der Waals surface area (Å²) < 4.78 is 16.5. The first kappa shape index (κ1) is 11.0. The van der Waals surface area contributed by atoms with E-state index in [0.717, 1.165) is 0 Å². The molecule has 0 spiro atoms. The fraction of sp³-hybridized carbons (Fsp3) is 0.417. The van der Waals surface area contributed by atoms with Crippen LogP contribution in [-0.4, -0.2) is 24.8 Å². The Hall–Kier alpha value is -1.55. The largest absolute Gasteiger partial charge is 0.482 e. The quantitative estimate of drug-likeness (QED) is 0.782. The number of ether oxygens (including phenoxy) is 3. The van der Waals surface area contributed by atoms with Gasteiger partial charge in [-0.2, -0.15) is 0 Å². The van der Waals surface area contributed by atoms with E-state index in [-0.39, 0.29) is 12.4 Å². The van der Waals surface area contributed by atoms with E-state index in [9.17, 15) is 4.79 Å². The SMILES string of the molecule is CCOC1(C(C)=O)COc2ccccc2O1. The molecule has 1 aromatic rings. The summed E-state index contributed by atoms with van der Waals surface area (Å²) in [6.07, 6.45) is 0. The summed E-state index contributed by atoms with van der Waals surface area (Å²) in [5, 5.41) is 0. The van der Waals surface area contributed by atoms with Crippen molar-refractivity contribution in [3.63, 3.8) is 0 Å². The number of para-hydroxylation sites is 2. The lowest BCUT2D eigenvalue weighted by molar-refractivity contribution is -0.207. The number of carbonyl (C=O) groups is 1. The van der Waals surface area contributed by atoms with Gasteiger partial charge in [-0.3, -0.25) is 4.79 Å². The maximum absolute atomic E-state index is 11.6. The van der Waals surface area contributed by atoms with Gasteiger partial charge in [-0.25, -0.2) is 0 Å². The Balaban J connectivity index is 2.31. The molecule has 1 aromatic carbocycles. The van der Waals surface area contributed by atoms with Gasteiger partial charge in [0.2, 0.25) is 5.78 Å². The molecule has 4 nitrogen and oxygen atoms in total. The normalized spacial score (nSPS) is 22.9. The summed E-state index contributed by atoms with van der Waals surface area (Å²) >= 11 is 0. The van der Waals surface area contributed by atoms with Crippen molar-refractivity contribution in [2.75, 3.05) is 13.2 Å². The van der Waals surface area contributed by atoms with Crippen LogP contribution in [0.5, 0.6) is 11.5 Å². The van der Waals surface area contributed by atoms with Crippen molar-refractivity contribution in [1.82, 2.24) is 0 Å². The van der Waals surface area contributed by atoms with Gasteiger partial charge in [-0.05, 0) is 19.1 Å². The molecule has 1 unspecified atom stereocenters.